The van der Waals surface area contributed by atoms with E-state index in [0.29, 0.717) is 5.92 Å². The maximum Gasteiger partial charge on any atom is 0.119 e. The molecule has 0 bridgehead atoms. The maximum absolute atomic E-state index is 5.63. The fourth-order valence-corrected chi connectivity index (χ4v) is 3.59. The van der Waals surface area contributed by atoms with E-state index < -0.39 is 0 Å². The number of ether oxygens (including phenoxy) is 1. The van der Waals surface area contributed by atoms with E-state index in [1.807, 2.05) is 24.3 Å². The normalized spacial score (nSPS) is 16.1. The van der Waals surface area contributed by atoms with Crippen molar-refractivity contribution in [2.75, 3.05) is 6.61 Å². The Labute approximate surface area is 170 Å². The van der Waals surface area contributed by atoms with Gasteiger partial charge in [0.25, 0.3) is 0 Å². The molecule has 2 aromatic carbocycles. The van der Waals surface area contributed by atoms with Gasteiger partial charge in [0.2, 0.25) is 0 Å². The van der Waals surface area contributed by atoms with Gasteiger partial charge in [-0.25, -0.2) is 0 Å². The zero-order valence-electron chi connectivity index (χ0n) is 17.3. The van der Waals surface area contributed by atoms with Crippen LogP contribution in [-0.4, -0.2) is 6.61 Å². The highest BCUT2D eigenvalue weighted by atomic mass is 16.5. The summed E-state index contributed by atoms with van der Waals surface area (Å²) in [5, 5.41) is 0. The molecule has 146 valence electrons. The second-order valence-corrected chi connectivity index (χ2v) is 7.67. The van der Waals surface area contributed by atoms with E-state index in [1.165, 1.54) is 42.4 Å². The minimum Gasteiger partial charge on any atom is -0.494 e. The monoisotopic (exact) mass is 372 g/mol. The molecule has 3 rings (SSSR count). The summed E-state index contributed by atoms with van der Waals surface area (Å²) < 4.78 is 5.63. The van der Waals surface area contributed by atoms with E-state index in [1.54, 1.807) is 0 Å². The first kappa shape index (κ1) is 20.3. The van der Waals surface area contributed by atoms with Crippen molar-refractivity contribution >= 4 is 0 Å². The Morgan fingerprint density at radius 2 is 1.71 bits per heavy atom. The Morgan fingerprint density at radius 1 is 0.929 bits per heavy atom. The molecule has 0 fully saturated rings. The van der Waals surface area contributed by atoms with Gasteiger partial charge in [-0.3, -0.25) is 0 Å². The topological polar surface area (TPSA) is 9.23 Å². The Balaban J connectivity index is 1.55. The molecule has 1 unspecified atom stereocenters. The van der Waals surface area contributed by atoms with Crippen LogP contribution >= 0.6 is 0 Å². The van der Waals surface area contributed by atoms with Crippen molar-refractivity contribution in [2.24, 2.45) is 0 Å². The molecule has 1 heteroatoms. The summed E-state index contributed by atoms with van der Waals surface area (Å²) >= 11 is 0. The highest BCUT2D eigenvalue weighted by molar-refractivity contribution is 5.43. The fourth-order valence-electron chi connectivity index (χ4n) is 3.59. The largest absolute Gasteiger partial charge is 0.494 e. The number of rotatable bonds is 7. The van der Waals surface area contributed by atoms with E-state index >= 15 is 0 Å². The Bertz CT molecular complexity index is 815. The summed E-state index contributed by atoms with van der Waals surface area (Å²) in [6.07, 6.45) is 10.5. The number of allylic oxidation sites excluding steroid dienone is 2. The smallest absolute Gasteiger partial charge is 0.119 e. The van der Waals surface area contributed by atoms with E-state index in [4.69, 9.17) is 4.74 Å². The Morgan fingerprint density at radius 3 is 2.36 bits per heavy atom. The lowest BCUT2D eigenvalue weighted by Crippen LogP contribution is -2.04. The van der Waals surface area contributed by atoms with Crippen LogP contribution in [0.1, 0.15) is 75.0 Å². The molecular formula is C27H32O. The first-order chi connectivity index (χ1) is 13.8. The van der Waals surface area contributed by atoms with Crippen LogP contribution in [0.3, 0.4) is 0 Å². The van der Waals surface area contributed by atoms with Gasteiger partial charge in [0.05, 0.1) is 6.61 Å². The first-order valence-electron chi connectivity index (χ1n) is 10.8. The van der Waals surface area contributed by atoms with Crippen LogP contribution in [0, 0.1) is 11.8 Å². The van der Waals surface area contributed by atoms with Crippen LogP contribution in [0.2, 0.25) is 0 Å². The summed E-state index contributed by atoms with van der Waals surface area (Å²) in [6, 6.07) is 17.4. The SMILES string of the molecule is CCCCc1ccc(C2CC=C(C#Cc3ccc(OCCC)cc3)CC2)cc1. The van der Waals surface area contributed by atoms with E-state index in [0.717, 1.165) is 37.2 Å². The fraction of sp³-hybridized carbons (Fsp3) is 0.407. The molecule has 1 atom stereocenters. The predicted molar refractivity (Wildman–Crippen MR) is 119 cm³/mol. The van der Waals surface area contributed by atoms with Crippen LogP contribution in [-0.2, 0) is 6.42 Å². The van der Waals surface area contributed by atoms with E-state index in [9.17, 15) is 0 Å². The standard InChI is InChI=1S/C27H32O/c1-3-5-6-22-9-15-25(16-10-22)26-17-11-23(12-18-26)7-8-24-13-19-27(20-14-24)28-21-4-2/h9-11,13-16,19-20,26H,3-6,12,17-18,21H2,1-2H3. The molecule has 1 nitrogen and oxygen atoms in total. The summed E-state index contributed by atoms with van der Waals surface area (Å²) in [4.78, 5) is 0. The second-order valence-electron chi connectivity index (χ2n) is 7.67. The lowest BCUT2D eigenvalue weighted by molar-refractivity contribution is 0.317. The van der Waals surface area contributed by atoms with Crippen molar-refractivity contribution in [3.8, 4) is 17.6 Å². The molecule has 0 spiro atoms. The first-order valence-corrected chi connectivity index (χ1v) is 10.8. The zero-order chi connectivity index (χ0) is 19.6. The van der Waals surface area contributed by atoms with Gasteiger partial charge in [0.15, 0.2) is 0 Å². The van der Waals surface area contributed by atoms with Crippen LogP contribution in [0.15, 0.2) is 60.2 Å². The van der Waals surface area contributed by atoms with Crippen LogP contribution < -0.4 is 4.74 Å². The molecule has 0 saturated heterocycles. The number of benzene rings is 2. The minimum absolute atomic E-state index is 0.640. The summed E-state index contributed by atoms with van der Waals surface area (Å²) in [5.41, 5.74) is 5.28. The number of hydrogen-bond donors (Lipinski definition) is 0. The molecule has 1 aliphatic carbocycles. The minimum atomic E-state index is 0.640. The second kappa shape index (κ2) is 10.8. The van der Waals surface area contributed by atoms with Crippen molar-refractivity contribution in [1.82, 2.24) is 0 Å². The van der Waals surface area contributed by atoms with Gasteiger partial charge in [0, 0.05) is 5.56 Å². The highest BCUT2D eigenvalue weighted by Gasteiger charge is 2.15. The number of hydrogen-bond acceptors (Lipinski definition) is 1. The molecule has 2 aromatic rings. The highest BCUT2D eigenvalue weighted by Crippen LogP contribution is 2.32. The lowest BCUT2D eigenvalue weighted by Gasteiger charge is -2.20. The van der Waals surface area contributed by atoms with Gasteiger partial charge in [-0.2, -0.15) is 0 Å². The van der Waals surface area contributed by atoms with E-state index in [-0.39, 0.29) is 0 Å². The van der Waals surface area contributed by atoms with Crippen molar-refractivity contribution in [3.05, 3.63) is 76.9 Å². The number of aryl methyl sites for hydroxylation is 1. The van der Waals surface area contributed by atoms with Gasteiger partial charge >= 0.3 is 0 Å². The molecule has 0 radical (unpaired) electrons. The van der Waals surface area contributed by atoms with Gasteiger partial charge in [-0.15, -0.1) is 0 Å². The molecule has 0 aliphatic heterocycles. The molecule has 1 aliphatic rings. The average Bonchev–Trinajstić information content (AvgIpc) is 2.76. The van der Waals surface area contributed by atoms with Crippen molar-refractivity contribution < 1.29 is 4.74 Å². The van der Waals surface area contributed by atoms with Crippen LogP contribution in [0.4, 0.5) is 0 Å². The zero-order valence-corrected chi connectivity index (χ0v) is 17.3. The molecule has 28 heavy (non-hydrogen) atoms. The Hall–Kier alpha value is -2.46. The van der Waals surface area contributed by atoms with Crippen LogP contribution in [0.25, 0.3) is 0 Å². The summed E-state index contributed by atoms with van der Waals surface area (Å²) in [6.45, 7) is 5.13. The number of unbranched alkanes of at least 4 members (excludes halogenated alkanes) is 1. The summed E-state index contributed by atoms with van der Waals surface area (Å²) in [7, 11) is 0. The van der Waals surface area contributed by atoms with Crippen molar-refractivity contribution in [3.63, 3.8) is 0 Å². The van der Waals surface area contributed by atoms with Crippen LogP contribution in [0.5, 0.6) is 5.75 Å². The molecule has 0 N–H and O–H groups in total. The third kappa shape index (κ3) is 6.03. The maximum atomic E-state index is 5.63. The molecule has 0 amide bonds. The van der Waals surface area contributed by atoms with Crippen molar-refractivity contribution in [2.45, 2.75) is 64.7 Å². The molecule has 0 saturated carbocycles. The average molecular weight is 373 g/mol. The molecule has 0 aromatic heterocycles. The van der Waals surface area contributed by atoms with Gasteiger partial charge in [-0.05, 0) is 85.4 Å². The molecule has 0 heterocycles. The lowest BCUT2D eigenvalue weighted by atomic mass is 9.84. The third-order valence-electron chi connectivity index (χ3n) is 5.38. The molecular weight excluding hydrogens is 340 g/mol. The Kier molecular flexibility index (Phi) is 7.80. The quantitative estimate of drug-likeness (QED) is 0.473. The summed E-state index contributed by atoms with van der Waals surface area (Å²) in [5.74, 6) is 8.24. The van der Waals surface area contributed by atoms with Crippen molar-refractivity contribution in [1.29, 1.82) is 0 Å². The van der Waals surface area contributed by atoms with E-state index in [2.05, 4.69) is 56.0 Å². The predicted octanol–water partition coefficient (Wildman–Crippen LogP) is 7.06. The third-order valence-corrected chi connectivity index (χ3v) is 5.38. The van der Waals surface area contributed by atoms with Gasteiger partial charge < -0.3 is 4.74 Å². The van der Waals surface area contributed by atoms with Gasteiger partial charge in [-0.1, -0.05) is 62.5 Å². The van der Waals surface area contributed by atoms with Gasteiger partial charge in [0.1, 0.15) is 5.75 Å².